The first-order chi connectivity index (χ1) is 9.15. The Morgan fingerprint density at radius 3 is 3.00 bits per heavy atom. The van der Waals surface area contributed by atoms with Crippen LogP contribution in [0.15, 0.2) is 22.7 Å². The first kappa shape index (κ1) is 18.1. The van der Waals surface area contributed by atoms with Gasteiger partial charge < -0.3 is 10.6 Å². The Labute approximate surface area is 143 Å². The molecule has 0 spiro atoms. The second-order valence-corrected chi connectivity index (χ2v) is 6.92. The number of amides is 1. The van der Waals surface area contributed by atoms with Crippen molar-refractivity contribution in [1.82, 2.24) is 10.6 Å². The minimum Gasteiger partial charge on any atom is -0.352 e. The highest BCUT2D eigenvalue weighted by Gasteiger charge is 2.16. The summed E-state index contributed by atoms with van der Waals surface area (Å²) >= 11 is 11.4. The first-order valence-electron chi connectivity index (χ1n) is 6.17. The summed E-state index contributed by atoms with van der Waals surface area (Å²) in [6, 6.07) is 5.97. The summed E-state index contributed by atoms with van der Waals surface area (Å²) in [5, 5.41) is 6.94. The molecule has 2 rings (SSSR count). The molecule has 0 aromatic heterocycles. The molecule has 0 aliphatic carbocycles. The second-order valence-electron chi connectivity index (χ2n) is 4.44. The molecule has 1 aromatic rings. The van der Waals surface area contributed by atoms with Gasteiger partial charge in [-0.2, -0.15) is 11.8 Å². The highest BCUT2D eigenvalue weighted by Crippen LogP contribution is 2.21. The molecule has 1 fully saturated rings. The standard InChI is InChI=1S/C13H16BrClN2OS.ClH/c14-10-2-1-9(12(15)5-10)7-17-13(18)6-11-8-19-4-3-16-11;/h1-2,5,11,16H,3-4,6-8H2,(H,17,18);1H. The summed E-state index contributed by atoms with van der Waals surface area (Å²) in [6.45, 7) is 1.46. The van der Waals surface area contributed by atoms with Crippen molar-refractivity contribution in [3.63, 3.8) is 0 Å². The molecule has 1 heterocycles. The number of nitrogens with one attached hydrogen (secondary N) is 2. The summed E-state index contributed by atoms with van der Waals surface area (Å²) in [6.07, 6.45) is 0.529. The first-order valence-corrected chi connectivity index (χ1v) is 8.49. The van der Waals surface area contributed by atoms with Gasteiger partial charge in [0.2, 0.25) is 5.91 Å². The van der Waals surface area contributed by atoms with E-state index in [0.717, 1.165) is 28.1 Å². The van der Waals surface area contributed by atoms with Crippen LogP contribution in [0.1, 0.15) is 12.0 Å². The Hall–Kier alpha value is 0.0600. The van der Waals surface area contributed by atoms with Gasteiger partial charge in [0.05, 0.1) is 0 Å². The average Bonchev–Trinajstić information content (AvgIpc) is 2.39. The van der Waals surface area contributed by atoms with Crippen molar-refractivity contribution in [2.75, 3.05) is 18.1 Å². The fraction of sp³-hybridized carbons (Fsp3) is 0.462. The van der Waals surface area contributed by atoms with Crippen molar-refractivity contribution in [2.24, 2.45) is 0 Å². The predicted octanol–water partition coefficient (Wildman–Crippen LogP) is 3.24. The lowest BCUT2D eigenvalue weighted by molar-refractivity contribution is -0.121. The molecule has 1 saturated heterocycles. The topological polar surface area (TPSA) is 41.1 Å². The van der Waals surface area contributed by atoms with Crippen molar-refractivity contribution in [2.45, 2.75) is 19.0 Å². The fourth-order valence-corrected chi connectivity index (χ4v) is 3.59. The number of thioether (sulfide) groups is 1. The van der Waals surface area contributed by atoms with Crippen molar-refractivity contribution >= 4 is 57.6 Å². The number of benzene rings is 1. The molecular formula is C13H17BrCl2N2OS. The van der Waals surface area contributed by atoms with Gasteiger partial charge >= 0.3 is 0 Å². The lowest BCUT2D eigenvalue weighted by Gasteiger charge is -2.22. The SMILES string of the molecule is Cl.O=C(CC1CSCCN1)NCc1ccc(Br)cc1Cl. The number of hydrogen-bond donors (Lipinski definition) is 2. The maximum Gasteiger partial charge on any atom is 0.221 e. The van der Waals surface area contributed by atoms with Gasteiger partial charge in [-0.25, -0.2) is 0 Å². The van der Waals surface area contributed by atoms with Gasteiger partial charge in [0, 0.05) is 46.6 Å². The van der Waals surface area contributed by atoms with Crippen LogP contribution in [0, 0.1) is 0 Å². The maximum absolute atomic E-state index is 11.9. The molecule has 1 aliphatic heterocycles. The van der Waals surface area contributed by atoms with Gasteiger partial charge in [-0.1, -0.05) is 33.6 Å². The third-order valence-electron chi connectivity index (χ3n) is 2.92. The highest BCUT2D eigenvalue weighted by molar-refractivity contribution is 9.10. The molecule has 3 nitrogen and oxygen atoms in total. The Morgan fingerprint density at radius 1 is 1.55 bits per heavy atom. The van der Waals surface area contributed by atoms with Gasteiger partial charge in [-0.05, 0) is 17.7 Å². The number of rotatable bonds is 4. The van der Waals surface area contributed by atoms with E-state index in [0.29, 0.717) is 24.0 Å². The minimum absolute atomic E-state index is 0. The molecule has 0 bridgehead atoms. The van der Waals surface area contributed by atoms with E-state index in [-0.39, 0.29) is 18.3 Å². The van der Waals surface area contributed by atoms with Gasteiger partial charge in [0.1, 0.15) is 0 Å². The molecule has 1 aliphatic rings. The van der Waals surface area contributed by atoms with E-state index in [9.17, 15) is 4.79 Å². The van der Waals surface area contributed by atoms with Crippen molar-refractivity contribution < 1.29 is 4.79 Å². The van der Waals surface area contributed by atoms with Crippen LogP contribution in [0.3, 0.4) is 0 Å². The smallest absolute Gasteiger partial charge is 0.221 e. The normalized spacial score (nSPS) is 18.2. The van der Waals surface area contributed by atoms with E-state index in [4.69, 9.17) is 11.6 Å². The lowest BCUT2D eigenvalue weighted by atomic mass is 10.2. The number of carbonyl (C=O) groups excluding carboxylic acids is 1. The van der Waals surface area contributed by atoms with Crippen LogP contribution in [-0.2, 0) is 11.3 Å². The average molecular weight is 400 g/mol. The van der Waals surface area contributed by atoms with Gasteiger partial charge in [0.25, 0.3) is 0 Å². The second kappa shape index (κ2) is 9.15. The summed E-state index contributed by atoms with van der Waals surface area (Å²) in [7, 11) is 0. The van der Waals surface area contributed by atoms with Gasteiger partial charge in [-0.15, -0.1) is 12.4 Å². The van der Waals surface area contributed by atoms with Crippen LogP contribution in [0.2, 0.25) is 5.02 Å². The molecule has 1 unspecified atom stereocenters. The molecule has 1 aromatic carbocycles. The van der Waals surface area contributed by atoms with E-state index in [1.807, 2.05) is 30.0 Å². The predicted molar refractivity (Wildman–Crippen MR) is 92.0 cm³/mol. The van der Waals surface area contributed by atoms with E-state index in [1.165, 1.54) is 0 Å². The van der Waals surface area contributed by atoms with Gasteiger partial charge in [0.15, 0.2) is 0 Å². The monoisotopic (exact) mass is 398 g/mol. The zero-order valence-electron chi connectivity index (χ0n) is 10.8. The quantitative estimate of drug-likeness (QED) is 0.816. The molecule has 1 amide bonds. The molecular weight excluding hydrogens is 383 g/mol. The van der Waals surface area contributed by atoms with Crippen LogP contribution < -0.4 is 10.6 Å². The van der Waals surface area contributed by atoms with Crippen LogP contribution >= 0.6 is 51.7 Å². The molecule has 0 radical (unpaired) electrons. The zero-order valence-corrected chi connectivity index (χ0v) is 14.8. The lowest BCUT2D eigenvalue weighted by Crippen LogP contribution is -2.41. The third kappa shape index (κ3) is 5.82. The highest BCUT2D eigenvalue weighted by atomic mass is 79.9. The molecule has 20 heavy (non-hydrogen) atoms. The van der Waals surface area contributed by atoms with Crippen molar-refractivity contribution in [3.8, 4) is 0 Å². The number of carbonyl (C=O) groups is 1. The van der Waals surface area contributed by atoms with E-state index < -0.39 is 0 Å². The van der Waals surface area contributed by atoms with Crippen LogP contribution in [-0.4, -0.2) is 30.0 Å². The molecule has 112 valence electrons. The summed E-state index contributed by atoms with van der Waals surface area (Å²) in [5.74, 6) is 2.21. The Bertz CT molecular complexity index is 456. The van der Waals surface area contributed by atoms with Crippen LogP contribution in [0.4, 0.5) is 0 Å². The summed E-state index contributed by atoms with van der Waals surface area (Å²) in [5.41, 5.74) is 0.934. The zero-order chi connectivity index (χ0) is 13.7. The maximum atomic E-state index is 11.9. The number of hydrogen-bond acceptors (Lipinski definition) is 3. The van der Waals surface area contributed by atoms with Crippen molar-refractivity contribution in [3.05, 3.63) is 33.3 Å². The largest absolute Gasteiger partial charge is 0.352 e. The molecule has 0 saturated carbocycles. The van der Waals surface area contributed by atoms with E-state index >= 15 is 0 Å². The number of halogens is 3. The summed E-state index contributed by atoms with van der Waals surface area (Å²) < 4.78 is 0.941. The Balaban J connectivity index is 0.00000200. The molecule has 2 N–H and O–H groups in total. The fourth-order valence-electron chi connectivity index (χ4n) is 1.91. The third-order valence-corrected chi connectivity index (χ3v) is 4.90. The Kier molecular flexibility index (Phi) is 8.29. The van der Waals surface area contributed by atoms with Gasteiger partial charge in [-0.3, -0.25) is 4.79 Å². The van der Waals surface area contributed by atoms with E-state index in [2.05, 4.69) is 26.6 Å². The minimum atomic E-state index is 0. The Morgan fingerprint density at radius 2 is 2.35 bits per heavy atom. The van der Waals surface area contributed by atoms with Crippen molar-refractivity contribution in [1.29, 1.82) is 0 Å². The molecule has 1 atom stereocenters. The van der Waals surface area contributed by atoms with E-state index in [1.54, 1.807) is 0 Å². The molecule has 7 heteroatoms. The summed E-state index contributed by atoms with van der Waals surface area (Å²) in [4.78, 5) is 11.9. The van der Waals surface area contributed by atoms with Crippen LogP contribution in [0.5, 0.6) is 0 Å². The van der Waals surface area contributed by atoms with Crippen LogP contribution in [0.25, 0.3) is 0 Å².